The van der Waals surface area contributed by atoms with Crippen molar-refractivity contribution >= 4 is 18.1 Å². The molecule has 20 heavy (non-hydrogen) atoms. The Hall–Kier alpha value is -1.39. The van der Waals surface area contributed by atoms with E-state index in [4.69, 9.17) is 5.11 Å². The Labute approximate surface area is 121 Å². The van der Waals surface area contributed by atoms with Crippen LogP contribution in [0.4, 0.5) is 0 Å². The molecule has 1 amide bonds. The zero-order chi connectivity index (χ0) is 15.1. The maximum absolute atomic E-state index is 11.4. The Bertz CT molecular complexity index is 291. The van der Waals surface area contributed by atoms with Gasteiger partial charge in [-0.1, -0.05) is 39.0 Å². The fourth-order valence-electron chi connectivity index (χ4n) is 1.82. The molecule has 0 aliphatic rings. The Kier molecular flexibility index (Phi) is 13.1. The van der Waals surface area contributed by atoms with E-state index in [2.05, 4.69) is 17.5 Å². The quantitative estimate of drug-likeness (QED) is 0.309. The second-order valence-corrected chi connectivity index (χ2v) is 5.00. The minimum Gasteiger partial charge on any atom is -0.481 e. The third-order valence-electron chi connectivity index (χ3n) is 3.01. The molecule has 0 unspecified atom stereocenters. The SMILES string of the molecule is CCCCCCC/C=N/NC(=O)CCCCCC(=O)O. The Morgan fingerprint density at radius 2 is 1.65 bits per heavy atom. The molecule has 116 valence electrons. The molecule has 5 heteroatoms. The summed E-state index contributed by atoms with van der Waals surface area (Å²) in [4.78, 5) is 21.7. The van der Waals surface area contributed by atoms with Gasteiger partial charge < -0.3 is 5.11 Å². The summed E-state index contributed by atoms with van der Waals surface area (Å²) in [5, 5.41) is 12.4. The van der Waals surface area contributed by atoms with E-state index < -0.39 is 5.97 Å². The molecule has 0 aliphatic carbocycles. The number of carbonyl (C=O) groups is 2. The number of amides is 1. The van der Waals surface area contributed by atoms with E-state index >= 15 is 0 Å². The van der Waals surface area contributed by atoms with Gasteiger partial charge in [-0.25, -0.2) is 5.43 Å². The van der Waals surface area contributed by atoms with E-state index in [0.717, 1.165) is 19.3 Å². The molecule has 0 saturated carbocycles. The molecular formula is C15H28N2O3. The lowest BCUT2D eigenvalue weighted by Gasteiger charge is -2.00. The van der Waals surface area contributed by atoms with Crippen LogP contribution in [0.25, 0.3) is 0 Å². The number of hydrazone groups is 1. The molecule has 0 spiro atoms. The van der Waals surface area contributed by atoms with Crippen LogP contribution < -0.4 is 5.43 Å². The molecule has 0 saturated heterocycles. The summed E-state index contributed by atoms with van der Waals surface area (Å²) in [6.45, 7) is 2.19. The first-order valence-corrected chi connectivity index (χ1v) is 7.69. The van der Waals surface area contributed by atoms with Crippen molar-refractivity contribution in [1.29, 1.82) is 0 Å². The smallest absolute Gasteiger partial charge is 0.303 e. The number of carboxylic acid groups (broad SMARTS) is 1. The molecule has 0 aromatic heterocycles. The lowest BCUT2D eigenvalue weighted by molar-refractivity contribution is -0.137. The van der Waals surface area contributed by atoms with E-state index in [1.165, 1.54) is 25.7 Å². The molecule has 0 aromatic rings. The van der Waals surface area contributed by atoms with Crippen LogP contribution in [-0.2, 0) is 9.59 Å². The number of nitrogens with zero attached hydrogens (tertiary/aromatic N) is 1. The third kappa shape index (κ3) is 14.7. The fraction of sp³-hybridized carbons (Fsp3) is 0.800. The van der Waals surface area contributed by atoms with Crippen LogP contribution in [0.3, 0.4) is 0 Å². The molecule has 0 aliphatic heterocycles. The topological polar surface area (TPSA) is 78.8 Å². The largest absolute Gasteiger partial charge is 0.481 e. The van der Waals surface area contributed by atoms with E-state index in [9.17, 15) is 9.59 Å². The summed E-state index contributed by atoms with van der Waals surface area (Å²) in [6.07, 6.45) is 11.5. The summed E-state index contributed by atoms with van der Waals surface area (Å²) >= 11 is 0. The van der Waals surface area contributed by atoms with Crippen molar-refractivity contribution in [3.05, 3.63) is 0 Å². The van der Waals surface area contributed by atoms with Gasteiger partial charge in [0.1, 0.15) is 0 Å². The number of hydrogen-bond acceptors (Lipinski definition) is 3. The fourth-order valence-corrected chi connectivity index (χ4v) is 1.82. The summed E-state index contributed by atoms with van der Waals surface area (Å²) in [5.41, 5.74) is 2.50. The van der Waals surface area contributed by atoms with Crippen molar-refractivity contribution in [3.63, 3.8) is 0 Å². The Morgan fingerprint density at radius 1 is 1.00 bits per heavy atom. The van der Waals surface area contributed by atoms with Crippen LogP contribution in [0.1, 0.15) is 77.6 Å². The van der Waals surface area contributed by atoms with Crippen LogP contribution in [0, 0.1) is 0 Å². The van der Waals surface area contributed by atoms with Crippen molar-refractivity contribution in [2.45, 2.75) is 77.6 Å². The van der Waals surface area contributed by atoms with Crippen molar-refractivity contribution < 1.29 is 14.7 Å². The predicted molar refractivity (Wildman–Crippen MR) is 80.7 cm³/mol. The standard InChI is InChI=1S/C15H28N2O3/c1-2-3-4-5-6-10-13-16-17-14(18)11-8-7-9-12-15(19)20/h13H,2-12H2,1H3,(H,17,18)(H,19,20)/b16-13+. The van der Waals surface area contributed by atoms with Gasteiger partial charge in [0.25, 0.3) is 0 Å². The molecule has 0 radical (unpaired) electrons. The average Bonchev–Trinajstić information content (AvgIpc) is 2.41. The molecule has 0 heterocycles. The van der Waals surface area contributed by atoms with Gasteiger partial charge in [0.2, 0.25) is 5.91 Å². The highest BCUT2D eigenvalue weighted by atomic mass is 16.4. The number of nitrogens with one attached hydrogen (secondary N) is 1. The molecule has 0 atom stereocenters. The van der Waals surface area contributed by atoms with Crippen molar-refractivity contribution in [1.82, 2.24) is 5.43 Å². The van der Waals surface area contributed by atoms with E-state index in [0.29, 0.717) is 19.3 Å². The summed E-state index contributed by atoms with van der Waals surface area (Å²) in [6, 6.07) is 0. The first-order chi connectivity index (χ1) is 9.66. The van der Waals surface area contributed by atoms with Crippen LogP contribution in [0.2, 0.25) is 0 Å². The number of aliphatic carboxylic acids is 1. The predicted octanol–water partition coefficient (Wildman–Crippen LogP) is 3.48. The molecule has 0 aromatic carbocycles. The number of carbonyl (C=O) groups excluding carboxylic acids is 1. The maximum Gasteiger partial charge on any atom is 0.303 e. The van der Waals surface area contributed by atoms with E-state index in [-0.39, 0.29) is 12.3 Å². The van der Waals surface area contributed by atoms with Gasteiger partial charge in [-0.05, 0) is 25.7 Å². The van der Waals surface area contributed by atoms with Crippen molar-refractivity contribution in [3.8, 4) is 0 Å². The summed E-state index contributed by atoms with van der Waals surface area (Å²) < 4.78 is 0. The zero-order valence-electron chi connectivity index (χ0n) is 12.6. The maximum atomic E-state index is 11.4. The third-order valence-corrected chi connectivity index (χ3v) is 3.01. The highest BCUT2D eigenvalue weighted by Gasteiger charge is 2.00. The lowest BCUT2D eigenvalue weighted by atomic mass is 10.1. The monoisotopic (exact) mass is 284 g/mol. The van der Waals surface area contributed by atoms with Crippen LogP contribution in [0.5, 0.6) is 0 Å². The van der Waals surface area contributed by atoms with E-state index in [1.807, 2.05) is 0 Å². The Morgan fingerprint density at radius 3 is 2.35 bits per heavy atom. The lowest BCUT2D eigenvalue weighted by Crippen LogP contribution is -2.16. The molecule has 5 nitrogen and oxygen atoms in total. The minimum absolute atomic E-state index is 0.0949. The van der Waals surface area contributed by atoms with Gasteiger partial charge in [0.15, 0.2) is 0 Å². The molecule has 2 N–H and O–H groups in total. The highest BCUT2D eigenvalue weighted by Crippen LogP contribution is 2.04. The van der Waals surface area contributed by atoms with Gasteiger partial charge in [0.05, 0.1) is 0 Å². The highest BCUT2D eigenvalue weighted by molar-refractivity contribution is 5.76. The number of carboxylic acids is 1. The second-order valence-electron chi connectivity index (χ2n) is 5.00. The van der Waals surface area contributed by atoms with Crippen molar-refractivity contribution in [2.24, 2.45) is 5.10 Å². The molecule has 0 bridgehead atoms. The first kappa shape index (κ1) is 18.6. The van der Waals surface area contributed by atoms with Crippen LogP contribution in [-0.4, -0.2) is 23.2 Å². The average molecular weight is 284 g/mol. The van der Waals surface area contributed by atoms with Gasteiger partial charge in [-0.2, -0.15) is 5.10 Å². The Balaban J connectivity index is 3.32. The van der Waals surface area contributed by atoms with Gasteiger partial charge in [-0.15, -0.1) is 0 Å². The summed E-state index contributed by atoms with van der Waals surface area (Å²) in [5.74, 6) is -0.874. The number of unbranched alkanes of at least 4 members (excludes halogenated alkanes) is 7. The van der Waals surface area contributed by atoms with Gasteiger partial charge in [-0.3, -0.25) is 9.59 Å². The minimum atomic E-state index is -0.780. The first-order valence-electron chi connectivity index (χ1n) is 7.69. The van der Waals surface area contributed by atoms with Crippen LogP contribution in [0.15, 0.2) is 5.10 Å². The second kappa shape index (κ2) is 14.0. The summed E-state index contributed by atoms with van der Waals surface area (Å²) in [7, 11) is 0. The molecule has 0 rings (SSSR count). The van der Waals surface area contributed by atoms with E-state index in [1.54, 1.807) is 6.21 Å². The normalized spacial score (nSPS) is 10.8. The zero-order valence-corrected chi connectivity index (χ0v) is 12.6. The molecule has 0 fully saturated rings. The number of hydrogen-bond donors (Lipinski definition) is 2. The molecular weight excluding hydrogens is 256 g/mol. The van der Waals surface area contributed by atoms with Gasteiger partial charge in [0, 0.05) is 19.1 Å². The van der Waals surface area contributed by atoms with Gasteiger partial charge >= 0.3 is 5.97 Å². The van der Waals surface area contributed by atoms with Crippen molar-refractivity contribution in [2.75, 3.05) is 0 Å². The van der Waals surface area contributed by atoms with Crippen LogP contribution >= 0.6 is 0 Å². The number of rotatable bonds is 13.